The lowest BCUT2D eigenvalue weighted by atomic mass is 10.1. The summed E-state index contributed by atoms with van der Waals surface area (Å²) in [5.41, 5.74) is 6.83. The minimum Gasteiger partial charge on any atom is -0.350 e. The van der Waals surface area contributed by atoms with E-state index >= 15 is 0 Å². The van der Waals surface area contributed by atoms with Gasteiger partial charge in [0.05, 0.1) is 11.0 Å². The van der Waals surface area contributed by atoms with E-state index in [1.165, 1.54) is 11.6 Å². The molecule has 6 heteroatoms. The van der Waals surface area contributed by atoms with Crippen LogP contribution in [0, 0.1) is 0 Å². The number of benzene rings is 2. The van der Waals surface area contributed by atoms with Gasteiger partial charge in [0.15, 0.2) is 6.29 Å². The molecule has 154 valence electrons. The number of ether oxygens (including phenoxy) is 1. The number of imidazole rings is 1. The van der Waals surface area contributed by atoms with Crippen molar-refractivity contribution in [3.63, 3.8) is 0 Å². The number of nitrogens with one attached hydrogen (secondary N) is 2. The van der Waals surface area contributed by atoms with Gasteiger partial charge < -0.3 is 9.72 Å². The van der Waals surface area contributed by atoms with Crippen molar-refractivity contribution < 1.29 is 14.4 Å². The summed E-state index contributed by atoms with van der Waals surface area (Å²) in [4.78, 5) is 25.4. The third-order valence-electron chi connectivity index (χ3n) is 5.77. The first-order valence-corrected chi connectivity index (χ1v) is 10.6. The van der Waals surface area contributed by atoms with Crippen molar-refractivity contribution in [3.05, 3.63) is 71.6 Å². The number of carbonyl (C=O) groups excluding carboxylic acids is 1. The van der Waals surface area contributed by atoms with Gasteiger partial charge in [0.2, 0.25) is 0 Å². The Balaban J connectivity index is 1.15. The number of aromatic nitrogens is 2. The van der Waals surface area contributed by atoms with Gasteiger partial charge in [-0.1, -0.05) is 36.4 Å². The van der Waals surface area contributed by atoms with Crippen LogP contribution in [-0.4, -0.2) is 28.8 Å². The molecule has 3 unspecified atom stereocenters. The average Bonchev–Trinajstić information content (AvgIpc) is 3.48. The Morgan fingerprint density at radius 1 is 1.13 bits per heavy atom. The quantitative estimate of drug-likeness (QED) is 0.472. The minimum absolute atomic E-state index is 0.291. The van der Waals surface area contributed by atoms with E-state index in [1.807, 2.05) is 30.3 Å². The summed E-state index contributed by atoms with van der Waals surface area (Å²) in [5.74, 6) is 1.73. The average molecular weight is 403 g/mol. The maximum atomic E-state index is 11.9. The number of aromatic amines is 1. The molecule has 0 radical (unpaired) electrons. The molecule has 1 saturated carbocycles. The predicted molar refractivity (Wildman–Crippen MR) is 114 cm³/mol. The largest absolute Gasteiger partial charge is 0.350 e. The fourth-order valence-corrected chi connectivity index (χ4v) is 4.00. The standard InChI is InChI=1S/C24H25N3O3/c28-22(27-30-23-7-3-4-14-29-23)13-10-16-8-11-17(12-9-16)18-15-19(18)24-25-20-5-1-2-6-21(20)26-24/h1-2,5-6,8-13,18-19,23H,3-4,7,14-15H2,(H,25,26)(H,27,28). The molecule has 1 saturated heterocycles. The zero-order valence-corrected chi connectivity index (χ0v) is 16.7. The van der Waals surface area contributed by atoms with Crippen LogP contribution >= 0.6 is 0 Å². The number of hydrogen-bond donors (Lipinski definition) is 2. The van der Waals surface area contributed by atoms with Crippen LogP contribution in [0.4, 0.5) is 0 Å². The summed E-state index contributed by atoms with van der Waals surface area (Å²) in [6, 6.07) is 16.5. The van der Waals surface area contributed by atoms with E-state index in [0.29, 0.717) is 18.4 Å². The molecule has 1 aromatic heterocycles. The number of hydrogen-bond acceptors (Lipinski definition) is 4. The fraction of sp³-hybridized carbons (Fsp3) is 0.333. The van der Waals surface area contributed by atoms with Gasteiger partial charge >= 0.3 is 0 Å². The molecular weight excluding hydrogens is 378 g/mol. The lowest BCUT2D eigenvalue weighted by Gasteiger charge is -2.21. The Bertz CT molecular complexity index is 1020. The van der Waals surface area contributed by atoms with Crippen LogP contribution in [0.25, 0.3) is 17.1 Å². The van der Waals surface area contributed by atoms with E-state index in [-0.39, 0.29) is 12.2 Å². The molecular formula is C24H25N3O3. The number of carbonyl (C=O) groups is 1. The van der Waals surface area contributed by atoms with Crippen molar-refractivity contribution in [2.45, 2.75) is 43.8 Å². The fourth-order valence-electron chi connectivity index (χ4n) is 4.00. The van der Waals surface area contributed by atoms with Crippen LogP contribution < -0.4 is 5.48 Å². The van der Waals surface area contributed by atoms with Gasteiger partial charge in [-0.3, -0.25) is 4.79 Å². The second-order valence-corrected chi connectivity index (χ2v) is 7.97. The van der Waals surface area contributed by atoms with Gasteiger partial charge in [-0.2, -0.15) is 0 Å². The van der Waals surface area contributed by atoms with E-state index in [4.69, 9.17) is 14.6 Å². The normalized spacial score (nSPS) is 23.7. The Hall–Kier alpha value is -2.96. The number of amides is 1. The van der Waals surface area contributed by atoms with Gasteiger partial charge in [0.1, 0.15) is 5.82 Å². The zero-order chi connectivity index (χ0) is 20.3. The summed E-state index contributed by atoms with van der Waals surface area (Å²) in [7, 11) is 0. The number of rotatable bonds is 6. The predicted octanol–water partition coefficient (Wildman–Crippen LogP) is 4.42. The van der Waals surface area contributed by atoms with Gasteiger partial charge in [0.25, 0.3) is 5.91 Å². The summed E-state index contributed by atoms with van der Waals surface area (Å²) >= 11 is 0. The molecule has 1 amide bonds. The first kappa shape index (κ1) is 19.0. The lowest BCUT2D eigenvalue weighted by Crippen LogP contribution is -2.32. The highest BCUT2D eigenvalue weighted by atomic mass is 16.8. The van der Waals surface area contributed by atoms with E-state index < -0.39 is 0 Å². The molecule has 3 atom stereocenters. The van der Waals surface area contributed by atoms with Crippen molar-refractivity contribution in [1.82, 2.24) is 15.4 Å². The monoisotopic (exact) mass is 403 g/mol. The van der Waals surface area contributed by atoms with E-state index in [2.05, 4.69) is 28.7 Å². The van der Waals surface area contributed by atoms with Crippen LogP contribution in [0.15, 0.2) is 54.6 Å². The number of fused-ring (bicyclic) bond motifs is 1. The van der Waals surface area contributed by atoms with Crippen LogP contribution in [0.3, 0.4) is 0 Å². The molecule has 2 N–H and O–H groups in total. The summed E-state index contributed by atoms with van der Waals surface area (Å²) < 4.78 is 5.42. The van der Waals surface area contributed by atoms with Crippen molar-refractivity contribution >= 4 is 23.0 Å². The topological polar surface area (TPSA) is 76.2 Å². The van der Waals surface area contributed by atoms with Crippen LogP contribution in [0.2, 0.25) is 0 Å². The van der Waals surface area contributed by atoms with Crippen LogP contribution in [-0.2, 0) is 14.4 Å². The summed E-state index contributed by atoms with van der Waals surface area (Å²) in [6.07, 6.45) is 6.94. The molecule has 30 heavy (non-hydrogen) atoms. The van der Waals surface area contributed by atoms with Crippen LogP contribution in [0.1, 0.15) is 54.5 Å². The lowest BCUT2D eigenvalue weighted by molar-refractivity contribution is -0.198. The molecule has 3 aromatic rings. The Labute approximate surface area is 175 Å². The van der Waals surface area contributed by atoms with E-state index in [0.717, 1.165) is 48.1 Å². The molecule has 0 spiro atoms. The second kappa shape index (κ2) is 8.42. The highest BCUT2D eigenvalue weighted by Gasteiger charge is 2.41. The summed E-state index contributed by atoms with van der Waals surface area (Å²) in [6.45, 7) is 0.681. The first-order chi connectivity index (χ1) is 14.8. The van der Waals surface area contributed by atoms with Crippen molar-refractivity contribution in [1.29, 1.82) is 0 Å². The number of nitrogens with zero attached hydrogens (tertiary/aromatic N) is 1. The molecule has 0 bridgehead atoms. The van der Waals surface area contributed by atoms with Gasteiger partial charge in [-0.25, -0.2) is 15.3 Å². The smallest absolute Gasteiger partial charge is 0.267 e. The van der Waals surface area contributed by atoms with Crippen molar-refractivity contribution in [3.8, 4) is 0 Å². The first-order valence-electron chi connectivity index (χ1n) is 10.6. The van der Waals surface area contributed by atoms with Crippen molar-refractivity contribution in [2.24, 2.45) is 0 Å². The third kappa shape index (κ3) is 4.30. The second-order valence-electron chi connectivity index (χ2n) is 7.97. The molecule has 2 fully saturated rings. The van der Waals surface area contributed by atoms with Gasteiger partial charge in [0, 0.05) is 25.0 Å². The van der Waals surface area contributed by atoms with Crippen LogP contribution in [0.5, 0.6) is 0 Å². The third-order valence-corrected chi connectivity index (χ3v) is 5.77. The highest BCUT2D eigenvalue weighted by Crippen LogP contribution is 2.53. The number of H-pyrrole nitrogens is 1. The zero-order valence-electron chi connectivity index (χ0n) is 16.7. The Morgan fingerprint density at radius 3 is 2.80 bits per heavy atom. The molecule has 1 aliphatic heterocycles. The SMILES string of the molecule is O=C(C=Cc1ccc(C2CC2c2nc3ccccc3[nH]2)cc1)NOC1CCCCO1. The maximum Gasteiger partial charge on any atom is 0.267 e. The van der Waals surface area contributed by atoms with E-state index in [1.54, 1.807) is 6.08 Å². The molecule has 6 nitrogen and oxygen atoms in total. The maximum absolute atomic E-state index is 11.9. The molecule has 2 aliphatic rings. The number of para-hydroxylation sites is 2. The molecule has 2 heterocycles. The van der Waals surface area contributed by atoms with Gasteiger partial charge in [-0.05, 0) is 54.5 Å². The minimum atomic E-state index is -0.339. The van der Waals surface area contributed by atoms with Gasteiger partial charge in [-0.15, -0.1) is 0 Å². The Morgan fingerprint density at radius 2 is 2.00 bits per heavy atom. The molecule has 5 rings (SSSR count). The molecule has 2 aromatic carbocycles. The van der Waals surface area contributed by atoms with Crippen molar-refractivity contribution in [2.75, 3.05) is 6.61 Å². The van der Waals surface area contributed by atoms with E-state index in [9.17, 15) is 4.79 Å². The number of hydroxylamine groups is 1. The molecule has 1 aliphatic carbocycles. The Kier molecular flexibility index (Phi) is 5.34. The highest BCUT2D eigenvalue weighted by molar-refractivity contribution is 5.90. The summed E-state index contributed by atoms with van der Waals surface area (Å²) in [5, 5.41) is 0.